The lowest BCUT2D eigenvalue weighted by Gasteiger charge is -2.30. The van der Waals surface area contributed by atoms with Gasteiger partial charge in [0.1, 0.15) is 23.0 Å². The summed E-state index contributed by atoms with van der Waals surface area (Å²) in [6.45, 7) is 12.4. The van der Waals surface area contributed by atoms with Crippen molar-refractivity contribution in [1.29, 1.82) is 0 Å². The minimum atomic E-state index is -0.847. The molecule has 1 aliphatic heterocycles. The zero-order valence-electron chi connectivity index (χ0n) is 18.7. The number of fused-ring (bicyclic) bond motifs is 2. The number of carbonyl (C=O) groups is 1. The number of ether oxygens (including phenoxy) is 2. The van der Waals surface area contributed by atoms with E-state index in [1.807, 2.05) is 39.8 Å². The molecule has 7 nitrogen and oxygen atoms in total. The van der Waals surface area contributed by atoms with E-state index in [0.29, 0.717) is 36.4 Å². The first kappa shape index (κ1) is 22.9. The monoisotopic (exact) mass is 428 g/mol. The topological polar surface area (TPSA) is 104 Å². The lowest BCUT2D eigenvalue weighted by molar-refractivity contribution is -0.0367. The Morgan fingerprint density at radius 2 is 2.03 bits per heavy atom. The molecular weight excluding hydrogens is 396 g/mol. The summed E-state index contributed by atoms with van der Waals surface area (Å²) in [5, 5.41) is 3.57. The van der Waals surface area contributed by atoms with Crippen molar-refractivity contribution in [3.05, 3.63) is 52.4 Å². The van der Waals surface area contributed by atoms with Crippen LogP contribution in [0.1, 0.15) is 51.7 Å². The number of benzene rings is 1. The number of alkyl carbamates (subject to hydrolysis) is 1. The third kappa shape index (κ3) is 4.93. The van der Waals surface area contributed by atoms with Crippen LogP contribution in [0, 0.1) is 0 Å². The van der Waals surface area contributed by atoms with Crippen molar-refractivity contribution in [1.82, 2.24) is 5.32 Å². The summed E-state index contributed by atoms with van der Waals surface area (Å²) in [7, 11) is 0. The zero-order valence-corrected chi connectivity index (χ0v) is 18.7. The molecule has 2 aromatic rings. The summed E-state index contributed by atoms with van der Waals surface area (Å²) in [4.78, 5) is 24.6. The van der Waals surface area contributed by atoms with Crippen molar-refractivity contribution < 1.29 is 18.7 Å². The smallest absolute Gasteiger partial charge is 0.407 e. The van der Waals surface area contributed by atoms with Gasteiger partial charge in [0.05, 0.1) is 0 Å². The number of hydrogen-bond acceptors (Lipinski definition) is 6. The normalized spacial score (nSPS) is 16.0. The highest BCUT2D eigenvalue weighted by atomic mass is 16.6. The molecule has 0 unspecified atom stereocenters. The quantitative estimate of drug-likeness (QED) is 0.376. The van der Waals surface area contributed by atoms with Gasteiger partial charge in [-0.15, -0.1) is 6.58 Å². The van der Waals surface area contributed by atoms with E-state index >= 15 is 0 Å². The van der Waals surface area contributed by atoms with E-state index in [-0.39, 0.29) is 11.7 Å². The second-order valence-corrected chi connectivity index (χ2v) is 9.10. The Morgan fingerprint density at radius 1 is 1.29 bits per heavy atom. The Hall–Kier alpha value is -2.80. The van der Waals surface area contributed by atoms with E-state index in [4.69, 9.17) is 19.6 Å². The molecule has 0 radical (unpaired) electrons. The van der Waals surface area contributed by atoms with Crippen molar-refractivity contribution in [2.45, 2.75) is 64.1 Å². The second kappa shape index (κ2) is 8.75. The van der Waals surface area contributed by atoms with Gasteiger partial charge in [-0.25, -0.2) is 9.59 Å². The maximum absolute atomic E-state index is 12.5. The van der Waals surface area contributed by atoms with Crippen LogP contribution < -0.4 is 21.4 Å². The van der Waals surface area contributed by atoms with Gasteiger partial charge in [-0.2, -0.15) is 0 Å². The molecule has 3 rings (SSSR count). The molecule has 168 valence electrons. The third-order valence-electron chi connectivity index (χ3n) is 5.83. The second-order valence-electron chi connectivity index (χ2n) is 9.10. The average molecular weight is 429 g/mol. The van der Waals surface area contributed by atoms with Gasteiger partial charge in [-0.1, -0.05) is 19.9 Å². The molecule has 0 aliphatic carbocycles. The van der Waals surface area contributed by atoms with Crippen LogP contribution in [0.5, 0.6) is 5.75 Å². The first-order valence-electron chi connectivity index (χ1n) is 10.7. The van der Waals surface area contributed by atoms with Gasteiger partial charge in [0.15, 0.2) is 0 Å². The molecule has 1 amide bonds. The number of unbranched alkanes of at least 4 members (excludes halogenated alkanes) is 1. The molecular formula is C24H32N2O5. The summed E-state index contributed by atoms with van der Waals surface area (Å²) < 4.78 is 17.3. The van der Waals surface area contributed by atoms with E-state index in [1.165, 1.54) is 0 Å². The van der Waals surface area contributed by atoms with Crippen LogP contribution in [0.25, 0.3) is 11.0 Å². The van der Waals surface area contributed by atoms with Crippen molar-refractivity contribution in [3.8, 4) is 5.75 Å². The number of allylic oxidation sites excluding steroid dienone is 1. The van der Waals surface area contributed by atoms with Crippen LogP contribution in [0.4, 0.5) is 4.79 Å². The molecule has 0 saturated heterocycles. The molecule has 31 heavy (non-hydrogen) atoms. The van der Waals surface area contributed by atoms with Gasteiger partial charge in [0, 0.05) is 35.4 Å². The standard InChI is InChI=1S/C24H32N2O5/c1-6-23(2,3)17-12-15-11-16-13-20(29-18(16)14-19(15)30-21(17)27)24(4,5)31-22(28)26-10-8-7-9-25/h6,11-12,14,20H,1,7-10,13,25H2,2-5H3,(H,26,28)/t20-/m1/s1. The fraction of sp³-hybridized carbons (Fsp3) is 0.500. The first-order valence-corrected chi connectivity index (χ1v) is 10.7. The van der Waals surface area contributed by atoms with E-state index in [0.717, 1.165) is 23.8 Å². The highest BCUT2D eigenvalue weighted by Crippen LogP contribution is 2.38. The van der Waals surface area contributed by atoms with E-state index in [9.17, 15) is 9.59 Å². The van der Waals surface area contributed by atoms with Crippen LogP contribution in [-0.2, 0) is 16.6 Å². The molecule has 1 atom stereocenters. The molecule has 0 saturated carbocycles. The van der Waals surface area contributed by atoms with Gasteiger partial charge in [0.25, 0.3) is 0 Å². The molecule has 7 heteroatoms. The van der Waals surface area contributed by atoms with Gasteiger partial charge in [-0.3, -0.25) is 0 Å². The highest BCUT2D eigenvalue weighted by Gasteiger charge is 2.40. The molecule has 3 N–H and O–H groups in total. The number of nitrogens with two attached hydrogens (primary N) is 1. The Kier molecular flexibility index (Phi) is 6.46. The SMILES string of the molecule is C=CC(C)(C)c1cc2cc3c(cc2oc1=O)O[C@@H](C(C)(C)OC(=O)NCCCCN)C3. The number of rotatable bonds is 8. The number of carbonyl (C=O) groups excluding carboxylic acids is 1. The van der Waals surface area contributed by atoms with E-state index < -0.39 is 17.1 Å². The minimum absolute atomic E-state index is 0.357. The molecule has 0 fully saturated rings. The summed E-state index contributed by atoms with van der Waals surface area (Å²) in [6.07, 6.45) is 3.13. The number of nitrogens with one attached hydrogen (secondary N) is 1. The first-order chi connectivity index (χ1) is 14.6. The fourth-order valence-corrected chi connectivity index (χ4v) is 3.61. The molecule has 1 aliphatic rings. The van der Waals surface area contributed by atoms with Gasteiger partial charge >= 0.3 is 11.7 Å². The average Bonchev–Trinajstić information content (AvgIpc) is 3.12. The predicted octanol–water partition coefficient (Wildman–Crippen LogP) is 3.80. The minimum Gasteiger partial charge on any atom is -0.485 e. The van der Waals surface area contributed by atoms with Crippen LogP contribution >= 0.6 is 0 Å². The Balaban J connectivity index is 1.78. The Morgan fingerprint density at radius 3 is 2.71 bits per heavy atom. The highest BCUT2D eigenvalue weighted by molar-refractivity contribution is 5.80. The maximum Gasteiger partial charge on any atom is 0.407 e. The Labute approximate surface area is 182 Å². The Bertz CT molecular complexity index is 1040. The largest absolute Gasteiger partial charge is 0.485 e. The molecule has 1 aromatic carbocycles. The van der Waals surface area contributed by atoms with Crippen LogP contribution in [0.3, 0.4) is 0 Å². The number of amides is 1. The summed E-state index contributed by atoms with van der Waals surface area (Å²) >= 11 is 0. The lowest BCUT2D eigenvalue weighted by Crippen LogP contribution is -2.46. The summed E-state index contributed by atoms with van der Waals surface area (Å²) in [6, 6.07) is 5.56. The van der Waals surface area contributed by atoms with Crippen molar-refractivity contribution in [2.75, 3.05) is 13.1 Å². The van der Waals surface area contributed by atoms with E-state index in [1.54, 1.807) is 12.1 Å². The van der Waals surface area contributed by atoms with Crippen molar-refractivity contribution in [2.24, 2.45) is 5.73 Å². The maximum atomic E-state index is 12.5. The van der Waals surface area contributed by atoms with Crippen LogP contribution in [0.15, 0.2) is 40.1 Å². The lowest BCUT2D eigenvalue weighted by atomic mass is 9.85. The van der Waals surface area contributed by atoms with Gasteiger partial charge in [-0.05, 0) is 50.9 Å². The molecule has 0 spiro atoms. The molecule has 2 heterocycles. The van der Waals surface area contributed by atoms with Gasteiger partial charge in [0.2, 0.25) is 0 Å². The third-order valence-corrected chi connectivity index (χ3v) is 5.83. The summed E-state index contributed by atoms with van der Waals surface area (Å²) in [5.41, 5.74) is 5.73. The number of hydrogen-bond donors (Lipinski definition) is 2. The van der Waals surface area contributed by atoms with Gasteiger partial charge < -0.3 is 24.9 Å². The fourth-order valence-electron chi connectivity index (χ4n) is 3.61. The summed E-state index contributed by atoms with van der Waals surface area (Å²) in [5.74, 6) is 0.636. The van der Waals surface area contributed by atoms with Crippen molar-refractivity contribution >= 4 is 17.1 Å². The van der Waals surface area contributed by atoms with Crippen LogP contribution in [0.2, 0.25) is 0 Å². The van der Waals surface area contributed by atoms with Crippen LogP contribution in [-0.4, -0.2) is 30.9 Å². The molecule has 1 aromatic heterocycles. The van der Waals surface area contributed by atoms with Crippen molar-refractivity contribution in [3.63, 3.8) is 0 Å². The molecule has 0 bridgehead atoms. The van der Waals surface area contributed by atoms with E-state index in [2.05, 4.69) is 11.9 Å². The predicted molar refractivity (Wildman–Crippen MR) is 121 cm³/mol. The zero-order chi connectivity index (χ0) is 22.8.